The lowest BCUT2D eigenvalue weighted by molar-refractivity contribution is -0.121. The molecule has 0 heterocycles. The molecule has 3 heteroatoms. The van der Waals surface area contributed by atoms with Crippen molar-refractivity contribution in [3.63, 3.8) is 0 Å². The molecular weight excluding hydrogens is 178 g/mol. The molecule has 0 aromatic carbocycles. The van der Waals surface area contributed by atoms with Crippen LogP contribution in [-0.4, -0.2) is 24.2 Å². The highest BCUT2D eigenvalue weighted by molar-refractivity contribution is 5.76. The van der Waals surface area contributed by atoms with Crippen molar-refractivity contribution in [1.29, 1.82) is 0 Å². The van der Waals surface area contributed by atoms with Crippen LogP contribution in [0.3, 0.4) is 0 Å². The largest absolute Gasteiger partial charge is 0.396 e. The Kier molecular flexibility index (Phi) is 5.98. The van der Waals surface area contributed by atoms with Crippen molar-refractivity contribution < 1.29 is 9.90 Å². The van der Waals surface area contributed by atoms with Crippen LogP contribution >= 0.6 is 0 Å². The van der Waals surface area contributed by atoms with Crippen molar-refractivity contribution in [2.24, 2.45) is 5.41 Å². The number of nitrogens with one attached hydrogen (secondary N) is 1. The molecule has 0 spiro atoms. The van der Waals surface area contributed by atoms with Gasteiger partial charge in [0.15, 0.2) is 0 Å². The second-order valence-corrected chi connectivity index (χ2v) is 4.12. The number of terminal acetylenes is 1. The third-order valence-corrected chi connectivity index (χ3v) is 2.05. The van der Waals surface area contributed by atoms with E-state index in [0.717, 1.165) is 0 Å². The van der Waals surface area contributed by atoms with Gasteiger partial charge in [-0.2, -0.15) is 0 Å². The van der Waals surface area contributed by atoms with Crippen LogP contribution < -0.4 is 5.32 Å². The van der Waals surface area contributed by atoms with Crippen LogP contribution in [0.15, 0.2) is 0 Å². The Bertz CT molecular complexity index is 216. The fourth-order valence-corrected chi connectivity index (χ4v) is 1.00. The zero-order chi connectivity index (χ0) is 11.0. The molecule has 14 heavy (non-hydrogen) atoms. The Labute approximate surface area is 85.9 Å². The van der Waals surface area contributed by atoms with E-state index in [-0.39, 0.29) is 17.9 Å². The number of aliphatic hydroxyl groups excluding tert-OH is 1. The van der Waals surface area contributed by atoms with Gasteiger partial charge in [-0.15, -0.1) is 12.3 Å². The van der Waals surface area contributed by atoms with Gasteiger partial charge in [-0.1, -0.05) is 13.8 Å². The van der Waals surface area contributed by atoms with Crippen molar-refractivity contribution in [2.45, 2.75) is 33.1 Å². The third-order valence-electron chi connectivity index (χ3n) is 2.05. The highest BCUT2D eigenvalue weighted by Crippen LogP contribution is 2.17. The molecule has 0 rings (SSSR count). The number of carbonyl (C=O) groups excluding carboxylic acids is 1. The lowest BCUT2D eigenvalue weighted by atomic mass is 9.90. The van der Waals surface area contributed by atoms with Crippen molar-refractivity contribution in [3.05, 3.63) is 0 Å². The summed E-state index contributed by atoms with van der Waals surface area (Å²) in [6.07, 6.45) is 6.59. The Hall–Kier alpha value is -1.01. The number of aliphatic hydroxyl groups is 1. The fourth-order valence-electron chi connectivity index (χ4n) is 1.00. The highest BCUT2D eigenvalue weighted by atomic mass is 16.3. The van der Waals surface area contributed by atoms with Crippen LogP contribution in [0.4, 0.5) is 0 Å². The Morgan fingerprint density at radius 1 is 1.57 bits per heavy atom. The smallest absolute Gasteiger partial charge is 0.220 e. The summed E-state index contributed by atoms with van der Waals surface area (Å²) >= 11 is 0. The molecule has 2 N–H and O–H groups in total. The molecule has 0 aliphatic carbocycles. The lowest BCUT2D eigenvalue weighted by Gasteiger charge is -2.23. The molecular formula is C11H19NO2. The highest BCUT2D eigenvalue weighted by Gasteiger charge is 2.17. The maximum atomic E-state index is 11.2. The molecule has 0 aliphatic rings. The maximum Gasteiger partial charge on any atom is 0.220 e. The van der Waals surface area contributed by atoms with Gasteiger partial charge in [0.05, 0.1) is 0 Å². The van der Waals surface area contributed by atoms with E-state index in [1.165, 1.54) is 0 Å². The van der Waals surface area contributed by atoms with Crippen LogP contribution in [0, 0.1) is 17.8 Å². The average molecular weight is 197 g/mol. The lowest BCUT2D eigenvalue weighted by Crippen LogP contribution is -2.34. The van der Waals surface area contributed by atoms with Crippen LogP contribution in [-0.2, 0) is 4.79 Å². The second kappa shape index (κ2) is 6.44. The fraction of sp³-hybridized carbons (Fsp3) is 0.727. The van der Waals surface area contributed by atoms with Crippen molar-refractivity contribution >= 4 is 5.91 Å². The van der Waals surface area contributed by atoms with E-state index in [9.17, 15) is 4.79 Å². The van der Waals surface area contributed by atoms with E-state index in [2.05, 4.69) is 11.2 Å². The van der Waals surface area contributed by atoms with Crippen LogP contribution in [0.2, 0.25) is 0 Å². The van der Waals surface area contributed by atoms with Gasteiger partial charge >= 0.3 is 0 Å². The van der Waals surface area contributed by atoms with Crippen LogP contribution in [0.5, 0.6) is 0 Å². The topological polar surface area (TPSA) is 49.3 Å². The minimum Gasteiger partial charge on any atom is -0.396 e. The van der Waals surface area contributed by atoms with E-state index in [1.54, 1.807) is 0 Å². The average Bonchev–Trinajstić information content (AvgIpc) is 2.11. The Morgan fingerprint density at radius 3 is 2.71 bits per heavy atom. The first kappa shape index (κ1) is 13.0. The molecule has 0 radical (unpaired) electrons. The number of hydrogen-bond acceptors (Lipinski definition) is 2. The zero-order valence-electron chi connectivity index (χ0n) is 8.97. The first-order chi connectivity index (χ1) is 6.52. The van der Waals surface area contributed by atoms with Gasteiger partial charge in [0.25, 0.3) is 0 Å². The van der Waals surface area contributed by atoms with Crippen LogP contribution in [0.25, 0.3) is 0 Å². The summed E-state index contributed by atoms with van der Waals surface area (Å²) in [7, 11) is 0. The minimum atomic E-state index is -0.0550. The van der Waals surface area contributed by atoms with E-state index < -0.39 is 0 Å². The van der Waals surface area contributed by atoms with Crippen molar-refractivity contribution in [2.75, 3.05) is 13.2 Å². The summed E-state index contributed by atoms with van der Waals surface area (Å²) < 4.78 is 0. The molecule has 3 nitrogen and oxygen atoms in total. The molecule has 0 saturated heterocycles. The van der Waals surface area contributed by atoms with Gasteiger partial charge in [-0.3, -0.25) is 4.79 Å². The Balaban J connectivity index is 3.71. The van der Waals surface area contributed by atoms with Gasteiger partial charge in [0.2, 0.25) is 5.91 Å². The summed E-state index contributed by atoms with van der Waals surface area (Å²) in [5, 5.41) is 11.6. The van der Waals surface area contributed by atoms with Gasteiger partial charge in [-0.25, -0.2) is 0 Å². The number of rotatable bonds is 6. The molecule has 80 valence electrons. The molecule has 0 aromatic rings. The predicted molar refractivity (Wildman–Crippen MR) is 56.6 cm³/mol. The van der Waals surface area contributed by atoms with Gasteiger partial charge in [0, 0.05) is 26.0 Å². The monoisotopic (exact) mass is 197 g/mol. The zero-order valence-corrected chi connectivity index (χ0v) is 8.97. The SMILES string of the molecule is C#CCCC(=O)NCC(C)(C)CCO. The summed E-state index contributed by atoms with van der Waals surface area (Å²) in [6.45, 7) is 4.74. The summed E-state index contributed by atoms with van der Waals surface area (Å²) in [4.78, 5) is 11.2. The number of amides is 1. The predicted octanol–water partition coefficient (Wildman–Crippen LogP) is 0.925. The second-order valence-electron chi connectivity index (χ2n) is 4.12. The number of carbonyl (C=O) groups is 1. The molecule has 0 aromatic heterocycles. The van der Waals surface area contributed by atoms with E-state index in [1.807, 2.05) is 13.8 Å². The summed E-state index contributed by atoms with van der Waals surface area (Å²) in [6, 6.07) is 0. The van der Waals surface area contributed by atoms with E-state index in [4.69, 9.17) is 11.5 Å². The normalized spacial score (nSPS) is 10.7. The van der Waals surface area contributed by atoms with Crippen molar-refractivity contribution in [1.82, 2.24) is 5.32 Å². The van der Waals surface area contributed by atoms with Gasteiger partial charge in [-0.05, 0) is 11.8 Å². The van der Waals surface area contributed by atoms with Crippen LogP contribution in [0.1, 0.15) is 33.1 Å². The van der Waals surface area contributed by atoms with E-state index >= 15 is 0 Å². The van der Waals surface area contributed by atoms with Gasteiger partial charge < -0.3 is 10.4 Å². The third kappa shape index (κ3) is 6.50. The number of hydrogen-bond donors (Lipinski definition) is 2. The molecule has 0 saturated carbocycles. The molecule has 0 unspecified atom stereocenters. The summed E-state index contributed by atoms with van der Waals surface area (Å²) in [5.74, 6) is 2.40. The quantitative estimate of drug-likeness (QED) is 0.622. The standard InChI is InChI=1S/C11H19NO2/c1-4-5-6-10(14)12-9-11(2,3)7-8-13/h1,13H,5-9H2,2-3H3,(H,12,14). The molecule has 0 bridgehead atoms. The molecule has 0 atom stereocenters. The van der Waals surface area contributed by atoms with Crippen molar-refractivity contribution in [3.8, 4) is 12.3 Å². The summed E-state index contributed by atoms with van der Waals surface area (Å²) in [5.41, 5.74) is -0.0550. The minimum absolute atomic E-state index is 0.0195. The first-order valence-corrected chi connectivity index (χ1v) is 4.83. The maximum absolute atomic E-state index is 11.2. The molecule has 0 fully saturated rings. The first-order valence-electron chi connectivity index (χ1n) is 4.83. The molecule has 1 amide bonds. The van der Waals surface area contributed by atoms with E-state index in [0.29, 0.717) is 25.8 Å². The Morgan fingerprint density at radius 2 is 2.21 bits per heavy atom. The van der Waals surface area contributed by atoms with Gasteiger partial charge in [0.1, 0.15) is 0 Å². The molecule has 0 aliphatic heterocycles.